The van der Waals surface area contributed by atoms with Crippen LogP contribution in [0.3, 0.4) is 0 Å². The lowest BCUT2D eigenvalue weighted by Gasteiger charge is -2.32. The summed E-state index contributed by atoms with van der Waals surface area (Å²) in [5.41, 5.74) is 3.02. The van der Waals surface area contributed by atoms with Crippen molar-refractivity contribution in [2.75, 3.05) is 32.1 Å². The summed E-state index contributed by atoms with van der Waals surface area (Å²) in [5, 5.41) is 6.84. The van der Waals surface area contributed by atoms with E-state index < -0.39 is 0 Å². The number of thiophene rings is 1. The molecule has 1 saturated heterocycles. The lowest BCUT2D eigenvalue weighted by Crippen LogP contribution is -2.43. The molecule has 4 aromatic rings. The van der Waals surface area contributed by atoms with Gasteiger partial charge in [0.05, 0.1) is 5.52 Å². The Bertz CT molecular complexity index is 1460. The average molecular weight is 509 g/mol. The molecule has 4 aromatic heterocycles. The number of carbonyl (C=O) groups is 1. The molecule has 2 N–H and O–H groups in total. The fourth-order valence-corrected chi connectivity index (χ4v) is 5.36. The lowest BCUT2D eigenvalue weighted by molar-refractivity contribution is 0.184. The van der Waals surface area contributed by atoms with Crippen molar-refractivity contribution in [1.82, 2.24) is 24.0 Å². The predicted octanol–water partition coefficient (Wildman–Crippen LogP) is 3.52. The van der Waals surface area contributed by atoms with E-state index in [0.29, 0.717) is 51.2 Å². The minimum Gasteiger partial charge on any atom is -0.385 e. The topological polar surface area (TPSA) is 114 Å². The first kappa shape index (κ1) is 24.0. The first-order chi connectivity index (χ1) is 17.5. The molecule has 1 fully saturated rings. The Hall–Kier alpha value is -3.70. The van der Waals surface area contributed by atoms with Crippen LogP contribution in [0.4, 0.5) is 10.5 Å². The third-order valence-corrected chi connectivity index (χ3v) is 7.22. The van der Waals surface area contributed by atoms with E-state index in [2.05, 4.69) is 15.3 Å². The Kier molecular flexibility index (Phi) is 7.01. The maximum atomic E-state index is 13.1. The summed E-state index contributed by atoms with van der Waals surface area (Å²) in [7, 11) is 1.63. The number of nitrogens with zero attached hydrogens (tertiary/aromatic N) is 4. The van der Waals surface area contributed by atoms with Gasteiger partial charge in [-0.2, -0.15) is 11.3 Å². The number of likely N-dealkylation sites (tertiary alicyclic amines) is 1. The monoisotopic (exact) mass is 508 g/mol. The van der Waals surface area contributed by atoms with Gasteiger partial charge in [-0.3, -0.25) is 14.3 Å². The van der Waals surface area contributed by atoms with Gasteiger partial charge in [0.25, 0.3) is 5.56 Å². The molecule has 188 valence electrons. The van der Waals surface area contributed by atoms with E-state index in [1.165, 1.54) is 0 Å². The normalized spacial score (nSPS) is 14.4. The summed E-state index contributed by atoms with van der Waals surface area (Å²) in [6.07, 6.45) is 5.42. The highest BCUT2D eigenvalue weighted by Gasteiger charge is 2.27. The van der Waals surface area contributed by atoms with Crippen LogP contribution in [0.2, 0.25) is 0 Å². The molecule has 5 rings (SSSR count). The van der Waals surface area contributed by atoms with Gasteiger partial charge in [-0.25, -0.2) is 14.6 Å². The number of urea groups is 1. The quantitative estimate of drug-likeness (QED) is 0.371. The first-order valence-corrected chi connectivity index (χ1v) is 12.9. The number of anilines is 1. The summed E-state index contributed by atoms with van der Waals surface area (Å²) in [6.45, 7) is 1.98. The molecule has 1 aliphatic rings. The molecule has 10 nitrogen and oxygen atoms in total. The summed E-state index contributed by atoms with van der Waals surface area (Å²) in [4.78, 5) is 47.5. The van der Waals surface area contributed by atoms with Gasteiger partial charge < -0.3 is 19.5 Å². The Balaban J connectivity index is 1.31. The molecule has 0 spiro atoms. The highest BCUT2D eigenvalue weighted by atomic mass is 32.1. The summed E-state index contributed by atoms with van der Waals surface area (Å²) in [5.74, 6) is 0. The maximum absolute atomic E-state index is 13.1. The van der Waals surface area contributed by atoms with E-state index in [4.69, 9.17) is 4.74 Å². The molecule has 2 amide bonds. The molecule has 0 bridgehead atoms. The molecule has 11 heteroatoms. The number of imidazole rings is 1. The fraction of sp³-hybridized carbons (Fsp3) is 0.360. The standard InChI is InChI=1S/C25H28N6O4S/c1-35-12-3-9-30-15-18(17-7-13-36-16-17)14-20(23(30)32)27-24(33)29-10-5-19(6-11-29)31-21-4-2-8-26-22(21)28-25(31)34/h2,4,7-8,13-16,19H,3,5-6,9-12H2,1H3,(H,27,33)(H,26,28,34). The third-order valence-electron chi connectivity index (χ3n) is 6.54. The van der Waals surface area contributed by atoms with Crippen LogP contribution < -0.4 is 16.6 Å². The van der Waals surface area contributed by atoms with E-state index >= 15 is 0 Å². The number of methoxy groups -OCH3 is 1. The van der Waals surface area contributed by atoms with Crippen molar-refractivity contribution in [2.45, 2.75) is 31.8 Å². The number of aryl methyl sites for hydroxylation is 1. The van der Waals surface area contributed by atoms with E-state index in [-0.39, 0.29) is 29.0 Å². The van der Waals surface area contributed by atoms with Crippen molar-refractivity contribution < 1.29 is 9.53 Å². The number of H-pyrrole nitrogens is 1. The number of carbonyl (C=O) groups excluding carboxylic acids is 1. The average Bonchev–Trinajstić information content (AvgIpc) is 3.54. The number of hydrogen-bond donors (Lipinski definition) is 2. The lowest BCUT2D eigenvalue weighted by atomic mass is 10.0. The second-order valence-corrected chi connectivity index (χ2v) is 9.60. The zero-order chi connectivity index (χ0) is 25.1. The van der Waals surface area contributed by atoms with Crippen LogP contribution in [0, 0.1) is 0 Å². The van der Waals surface area contributed by atoms with Crippen LogP contribution in [0.1, 0.15) is 25.3 Å². The molecule has 0 atom stereocenters. The molecule has 0 radical (unpaired) electrons. The van der Waals surface area contributed by atoms with Crippen LogP contribution in [-0.4, -0.2) is 56.8 Å². The van der Waals surface area contributed by atoms with E-state index in [9.17, 15) is 14.4 Å². The number of hydrogen-bond acceptors (Lipinski definition) is 6. The van der Waals surface area contributed by atoms with E-state index in [0.717, 1.165) is 16.6 Å². The van der Waals surface area contributed by atoms with E-state index in [1.54, 1.807) is 50.8 Å². The summed E-state index contributed by atoms with van der Waals surface area (Å²) in [6, 6.07) is 7.06. The molecular formula is C25H28N6O4S. The zero-order valence-electron chi connectivity index (χ0n) is 20.0. The number of ether oxygens (including phenoxy) is 1. The van der Waals surface area contributed by atoms with Gasteiger partial charge in [0.1, 0.15) is 5.69 Å². The number of aromatic nitrogens is 4. The highest BCUT2D eigenvalue weighted by Crippen LogP contribution is 2.26. The third kappa shape index (κ3) is 4.84. The number of amides is 2. The van der Waals surface area contributed by atoms with Crippen molar-refractivity contribution in [3.05, 3.63) is 68.3 Å². The second-order valence-electron chi connectivity index (χ2n) is 8.82. The van der Waals surface area contributed by atoms with E-state index in [1.807, 2.05) is 29.1 Å². The molecule has 5 heterocycles. The second kappa shape index (κ2) is 10.5. The van der Waals surface area contributed by atoms with Gasteiger partial charge in [0.2, 0.25) is 0 Å². The summed E-state index contributed by atoms with van der Waals surface area (Å²) < 4.78 is 8.50. The Morgan fingerprint density at radius 2 is 2.08 bits per heavy atom. The molecule has 36 heavy (non-hydrogen) atoms. The van der Waals surface area contributed by atoms with Crippen molar-refractivity contribution >= 4 is 34.2 Å². The van der Waals surface area contributed by atoms with Crippen LogP contribution in [0.5, 0.6) is 0 Å². The fourth-order valence-electron chi connectivity index (χ4n) is 4.70. The number of fused-ring (bicyclic) bond motifs is 1. The van der Waals surface area contributed by atoms with Gasteiger partial charge >= 0.3 is 11.7 Å². The Morgan fingerprint density at radius 3 is 2.83 bits per heavy atom. The number of aromatic amines is 1. The van der Waals surface area contributed by atoms with Gasteiger partial charge in [0.15, 0.2) is 5.65 Å². The van der Waals surface area contributed by atoms with Crippen LogP contribution in [-0.2, 0) is 11.3 Å². The van der Waals surface area contributed by atoms with Crippen molar-refractivity contribution in [3.8, 4) is 11.1 Å². The molecule has 0 aromatic carbocycles. The van der Waals surface area contributed by atoms with Crippen LogP contribution >= 0.6 is 11.3 Å². The smallest absolute Gasteiger partial charge is 0.327 e. The molecule has 0 aliphatic carbocycles. The zero-order valence-corrected chi connectivity index (χ0v) is 20.8. The number of piperidine rings is 1. The number of nitrogens with one attached hydrogen (secondary N) is 2. The van der Waals surface area contributed by atoms with Crippen molar-refractivity contribution in [2.24, 2.45) is 0 Å². The van der Waals surface area contributed by atoms with Crippen LogP contribution in [0.25, 0.3) is 22.3 Å². The van der Waals surface area contributed by atoms with Gasteiger partial charge in [0, 0.05) is 57.3 Å². The Morgan fingerprint density at radius 1 is 1.25 bits per heavy atom. The SMILES string of the molecule is COCCCn1cc(-c2ccsc2)cc(NC(=O)N2CCC(n3c(=O)[nH]c4ncccc43)CC2)c1=O. The van der Waals surface area contributed by atoms with Gasteiger partial charge in [-0.1, -0.05) is 0 Å². The highest BCUT2D eigenvalue weighted by molar-refractivity contribution is 7.08. The minimum atomic E-state index is -0.315. The van der Waals surface area contributed by atoms with Crippen molar-refractivity contribution in [3.63, 3.8) is 0 Å². The molecular weight excluding hydrogens is 480 g/mol. The van der Waals surface area contributed by atoms with Gasteiger partial charge in [-0.05, 0) is 59.9 Å². The molecule has 0 saturated carbocycles. The maximum Gasteiger partial charge on any atom is 0.327 e. The minimum absolute atomic E-state index is 0.0283. The number of pyridine rings is 2. The van der Waals surface area contributed by atoms with Gasteiger partial charge in [-0.15, -0.1) is 0 Å². The molecule has 0 unspecified atom stereocenters. The Labute approximate surface area is 211 Å². The summed E-state index contributed by atoms with van der Waals surface area (Å²) >= 11 is 1.58. The van der Waals surface area contributed by atoms with Crippen molar-refractivity contribution in [1.29, 1.82) is 0 Å². The first-order valence-electron chi connectivity index (χ1n) is 11.9. The predicted molar refractivity (Wildman–Crippen MR) is 140 cm³/mol. The largest absolute Gasteiger partial charge is 0.385 e. The van der Waals surface area contributed by atoms with Crippen LogP contribution in [0.15, 0.2) is 57.0 Å². The number of rotatable bonds is 7. The molecule has 1 aliphatic heterocycles.